The maximum Gasteiger partial charge on any atom is 0.142 e. The molecule has 0 fully saturated rings. The van der Waals surface area contributed by atoms with Crippen molar-refractivity contribution in [1.29, 1.82) is 0 Å². The quantitative estimate of drug-likeness (QED) is 0.160. The van der Waals surface area contributed by atoms with Gasteiger partial charge >= 0.3 is 0 Å². The molecule has 4 heteroatoms. The third kappa shape index (κ3) is 6.35. The smallest absolute Gasteiger partial charge is 0.142 e. The van der Waals surface area contributed by atoms with Crippen LogP contribution in [-0.4, -0.2) is 0 Å². The summed E-state index contributed by atoms with van der Waals surface area (Å²) in [6.07, 6.45) is 0. The monoisotopic (exact) mass is 818 g/mol. The van der Waals surface area contributed by atoms with Crippen LogP contribution in [0, 0.1) is 41.5 Å². The first-order chi connectivity index (χ1) is 30.5. The van der Waals surface area contributed by atoms with E-state index in [4.69, 9.17) is 8.83 Å². The first-order valence-electron chi connectivity index (χ1n) is 22.1. The second kappa shape index (κ2) is 14.7. The number of fused-ring (bicyclic) bond motifs is 8. The molecular formula is C59H50N2O2. The molecule has 0 N–H and O–H groups in total. The van der Waals surface area contributed by atoms with Crippen LogP contribution < -0.4 is 9.80 Å². The Morgan fingerprint density at radius 1 is 0.349 bits per heavy atom. The molecule has 63 heavy (non-hydrogen) atoms. The van der Waals surface area contributed by atoms with Gasteiger partial charge in [-0.1, -0.05) is 74.5 Å². The summed E-state index contributed by atoms with van der Waals surface area (Å²) in [4.78, 5) is 4.74. The van der Waals surface area contributed by atoms with Gasteiger partial charge in [0.1, 0.15) is 22.3 Å². The van der Waals surface area contributed by atoms with Gasteiger partial charge in [0.15, 0.2) is 0 Å². The molecule has 0 amide bonds. The van der Waals surface area contributed by atoms with Crippen molar-refractivity contribution in [3.05, 3.63) is 191 Å². The summed E-state index contributed by atoms with van der Waals surface area (Å²) >= 11 is 0. The Balaban J connectivity index is 1.05. The van der Waals surface area contributed by atoms with Crippen molar-refractivity contribution in [1.82, 2.24) is 0 Å². The van der Waals surface area contributed by atoms with E-state index in [0.29, 0.717) is 0 Å². The molecule has 0 radical (unpaired) electrons. The van der Waals surface area contributed by atoms with Crippen LogP contribution in [0.15, 0.2) is 160 Å². The molecule has 2 heterocycles. The molecule has 0 aliphatic rings. The number of nitrogens with zero attached hydrogens (tertiary/aromatic N) is 2. The van der Waals surface area contributed by atoms with Crippen LogP contribution >= 0.6 is 0 Å². The number of furan rings is 2. The Morgan fingerprint density at radius 2 is 0.762 bits per heavy atom. The normalized spacial score (nSPS) is 12.0. The minimum atomic E-state index is 0.167. The summed E-state index contributed by atoms with van der Waals surface area (Å²) in [6, 6.07) is 55.6. The van der Waals surface area contributed by atoms with E-state index in [1.165, 1.54) is 44.2 Å². The zero-order valence-electron chi connectivity index (χ0n) is 37.2. The second-order valence-corrected chi connectivity index (χ2v) is 17.9. The summed E-state index contributed by atoms with van der Waals surface area (Å²) < 4.78 is 13.8. The van der Waals surface area contributed by atoms with E-state index in [1.807, 2.05) is 0 Å². The van der Waals surface area contributed by atoms with Crippen molar-refractivity contribution in [2.45, 2.75) is 61.3 Å². The van der Waals surface area contributed by atoms with Gasteiger partial charge in [-0.05, 0) is 193 Å². The van der Waals surface area contributed by atoms with E-state index >= 15 is 0 Å². The van der Waals surface area contributed by atoms with Crippen LogP contribution in [-0.2, 0) is 0 Å². The van der Waals surface area contributed by atoms with E-state index in [1.54, 1.807) is 0 Å². The minimum absolute atomic E-state index is 0.167. The highest BCUT2D eigenvalue weighted by atomic mass is 16.3. The molecular weight excluding hydrogens is 769 g/mol. The highest BCUT2D eigenvalue weighted by Crippen LogP contribution is 2.46. The van der Waals surface area contributed by atoms with Crippen molar-refractivity contribution in [2.24, 2.45) is 0 Å². The fourth-order valence-corrected chi connectivity index (χ4v) is 9.64. The average molecular weight is 819 g/mol. The van der Waals surface area contributed by atoms with Crippen LogP contribution in [0.5, 0.6) is 0 Å². The molecule has 0 saturated carbocycles. The van der Waals surface area contributed by atoms with Gasteiger partial charge in [0.2, 0.25) is 0 Å². The van der Waals surface area contributed by atoms with E-state index in [0.717, 1.165) is 94.3 Å². The van der Waals surface area contributed by atoms with Gasteiger partial charge in [-0.15, -0.1) is 0 Å². The van der Waals surface area contributed by atoms with Crippen LogP contribution in [0.1, 0.15) is 58.7 Å². The third-order valence-corrected chi connectivity index (χ3v) is 13.4. The number of benzene rings is 9. The Labute approximate surface area is 368 Å². The Bertz CT molecular complexity index is 3410. The average Bonchev–Trinajstić information content (AvgIpc) is 3.81. The topological polar surface area (TPSA) is 32.8 Å². The molecule has 0 atom stereocenters. The van der Waals surface area contributed by atoms with Crippen molar-refractivity contribution >= 4 is 99.5 Å². The highest BCUT2D eigenvalue weighted by Gasteiger charge is 2.24. The minimum Gasteiger partial charge on any atom is -0.456 e. The molecule has 308 valence electrons. The summed E-state index contributed by atoms with van der Waals surface area (Å²) in [7, 11) is 0. The summed E-state index contributed by atoms with van der Waals surface area (Å²) in [5.41, 5.74) is 19.0. The summed E-state index contributed by atoms with van der Waals surface area (Å²) in [5.74, 6) is 0.167. The SMILES string of the molecule is Cc1ccc(N(c2ccc3cc4c(cc3c2)oc2c(C(C)C)c3oc5cc6cc(N(c7ccc(C)c(C)c7)c7ccccc7C)ccc6cc5c3cc24)c2ccccc2C)cc1C. The highest BCUT2D eigenvalue weighted by molar-refractivity contribution is 6.20. The molecule has 0 spiro atoms. The lowest BCUT2D eigenvalue weighted by molar-refractivity contribution is 0.638. The number of anilines is 6. The predicted molar refractivity (Wildman–Crippen MR) is 268 cm³/mol. The van der Waals surface area contributed by atoms with Gasteiger partial charge in [-0.25, -0.2) is 0 Å². The maximum absolute atomic E-state index is 6.92. The van der Waals surface area contributed by atoms with Crippen molar-refractivity contribution < 1.29 is 8.83 Å². The van der Waals surface area contributed by atoms with E-state index in [9.17, 15) is 0 Å². The number of hydrogen-bond donors (Lipinski definition) is 0. The van der Waals surface area contributed by atoms with Gasteiger partial charge in [0.05, 0.1) is 0 Å². The Hall–Kier alpha value is -7.30. The maximum atomic E-state index is 6.92. The number of rotatable bonds is 7. The lowest BCUT2D eigenvalue weighted by atomic mass is 9.95. The fourth-order valence-electron chi connectivity index (χ4n) is 9.64. The zero-order chi connectivity index (χ0) is 43.3. The molecule has 0 aliphatic heterocycles. The largest absolute Gasteiger partial charge is 0.456 e. The van der Waals surface area contributed by atoms with Crippen molar-refractivity contribution in [3.8, 4) is 0 Å². The zero-order valence-corrected chi connectivity index (χ0v) is 37.2. The molecule has 0 saturated heterocycles. The number of para-hydroxylation sites is 2. The lowest BCUT2D eigenvalue weighted by Gasteiger charge is -2.28. The third-order valence-electron chi connectivity index (χ3n) is 13.4. The van der Waals surface area contributed by atoms with Crippen LogP contribution in [0.4, 0.5) is 34.1 Å². The standard InChI is InChI=1S/C59H50N2O2/c1-34(2)57-58-51(49-29-41-19-23-47(27-43(41)31-55(49)62-58)60(53-15-11-9-13-37(53)5)45-21-17-35(3)39(7)25-45)33-52-50-30-42-20-24-48(28-44(42)32-56(50)63-59(52)57)61(54-16-12-10-14-38(54)6)46-22-18-36(4)40(8)26-46/h9-34H,1-8H3. The summed E-state index contributed by atoms with van der Waals surface area (Å²) in [6.45, 7) is 17.5. The van der Waals surface area contributed by atoms with Gasteiger partial charge in [-0.2, -0.15) is 0 Å². The molecule has 0 unspecified atom stereocenters. The van der Waals surface area contributed by atoms with E-state index < -0.39 is 0 Å². The van der Waals surface area contributed by atoms with Crippen LogP contribution in [0.25, 0.3) is 65.4 Å². The molecule has 0 aliphatic carbocycles. The lowest BCUT2D eigenvalue weighted by Crippen LogP contribution is -2.11. The predicted octanol–water partition coefficient (Wildman–Crippen LogP) is 17.7. The molecule has 11 aromatic rings. The fraction of sp³-hybridized carbons (Fsp3) is 0.153. The second-order valence-electron chi connectivity index (χ2n) is 17.9. The summed E-state index contributed by atoms with van der Waals surface area (Å²) in [5, 5.41) is 9.06. The first-order valence-corrected chi connectivity index (χ1v) is 22.1. The Morgan fingerprint density at radius 3 is 1.17 bits per heavy atom. The Kier molecular flexibility index (Phi) is 8.99. The van der Waals surface area contributed by atoms with E-state index in [2.05, 4.69) is 217 Å². The van der Waals surface area contributed by atoms with Gasteiger partial charge < -0.3 is 18.6 Å². The van der Waals surface area contributed by atoms with Crippen molar-refractivity contribution in [2.75, 3.05) is 9.80 Å². The van der Waals surface area contributed by atoms with E-state index in [-0.39, 0.29) is 5.92 Å². The van der Waals surface area contributed by atoms with Gasteiger partial charge in [0.25, 0.3) is 0 Å². The molecule has 2 aromatic heterocycles. The van der Waals surface area contributed by atoms with Crippen LogP contribution in [0.3, 0.4) is 0 Å². The van der Waals surface area contributed by atoms with Gasteiger partial charge in [0, 0.05) is 61.2 Å². The number of hydrogen-bond acceptors (Lipinski definition) is 4. The molecule has 11 rings (SSSR count). The molecule has 0 bridgehead atoms. The van der Waals surface area contributed by atoms with Gasteiger partial charge in [-0.3, -0.25) is 0 Å². The first kappa shape index (κ1) is 38.6. The van der Waals surface area contributed by atoms with Crippen LogP contribution in [0.2, 0.25) is 0 Å². The molecule has 9 aromatic carbocycles. The van der Waals surface area contributed by atoms with Crippen molar-refractivity contribution in [3.63, 3.8) is 0 Å². The number of aryl methyl sites for hydroxylation is 6. The molecule has 4 nitrogen and oxygen atoms in total.